The minimum atomic E-state index is -3.53. The molecule has 0 aliphatic heterocycles. The lowest BCUT2D eigenvalue weighted by Gasteiger charge is -2.07. The Bertz CT molecular complexity index is 443. The van der Waals surface area contributed by atoms with Gasteiger partial charge in [-0.05, 0) is 30.7 Å². The lowest BCUT2D eigenvalue weighted by molar-refractivity contribution is 0.301. The molecule has 0 spiro atoms. The van der Waals surface area contributed by atoms with Gasteiger partial charge in [-0.3, -0.25) is 0 Å². The van der Waals surface area contributed by atoms with Gasteiger partial charge in [0.15, 0.2) is 0 Å². The van der Waals surface area contributed by atoms with E-state index in [2.05, 4.69) is 4.72 Å². The maximum absolute atomic E-state index is 11.6. The Balaban J connectivity index is 3.00. The van der Waals surface area contributed by atoms with Crippen molar-refractivity contribution in [1.82, 2.24) is 4.72 Å². The highest BCUT2D eigenvalue weighted by Gasteiger charge is 2.13. The van der Waals surface area contributed by atoms with Crippen LogP contribution in [0.15, 0.2) is 23.1 Å². The van der Waals surface area contributed by atoms with E-state index in [9.17, 15) is 8.42 Å². The molecule has 84 valence electrons. The first-order valence-corrected chi connectivity index (χ1v) is 5.92. The number of sulfonamides is 1. The van der Waals surface area contributed by atoms with Crippen LogP contribution in [0.25, 0.3) is 0 Å². The summed E-state index contributed by atoms with van der Waals surface area (Å²) in [6, 6.07) is 4.47. The minimum Gasteiger partial charge on any atom is -0.399 e. The van der Waals surface area contributed by atoms with E-state index in [0.29, 0.717) is 11.3 Å². The van der Waals surface area contributed by atoms with Crippen LogP contribution in [0.3, 0.4) is 0 Å². The van der Waals surface area contributed by atoms with Gasteiger partial charge in [0.05, 0.1) is 11.5 Å². The maximum atomic E-state index is 11.6. The van der Waals surface area contributed by atoms with Crippen LogP contribution in [0.2, 0.25) is 0 Å². The Morgan fingerprint density at radius 1 is 1.47 bits per heavy atom. The fourth-order valence-corrected chi connectivity index (χ4v) is 2.18. The van der Waals surface area contributed by atoms with E-state index in [4.69, 9.17) is 10.8 Å². The normalized spacial score (nSPS) is 11.6. The van der Waals surface area contributed by atoms with Crippen molar-refractivity contribution in [1.29, 1.82) is 0 Å². The zero-order valence-electron chi connectivity index (χ0n) is 8.40. The number of hydrogen-bond donors (Lipinski definition) is 3. The molecule has 0 saturated heterocycles. The van der Waals surface area contributed by atoms with Gasteiger partial charge in [-0.1, -0.05) is 0 Å². The summed E-state index contributed by atoms with van der Waals surface area (Å²) in [7, 11) is -3.53. The molecule has 15 heavy (non-hydrogen) atoms. The molecular formula is C9H14N2O3S. The van der Waals surface area contributed by atoms with Crippen molar-refractivity contribution >= 4 is 15.7 Å². The van der Waals surface area contributed by atoms with Crippen LogP contribution in [-0.2, 0) is 10.0 Å². The van der Waals surface area contributed by atoms with Crippen molar-refractivity contribution in [3.8, 4) is 0 Å². The van der Waals surface area contributed by atoms with E-state index < -0.39 is 10.0 Å². The van der Waals surface area contributed by atoms with E-state index >= 15 is 0 Å². The number of aliphatic hydroxyl groups is 1. The Morgan fingerprint density at radius 2 is 2.13 bits per heavy atom. The summed E-state index contributed by atoms with van der Waals surface area (Å²) in [6.45, 7) is 1.51. The molecule has 1 aromatic carbocycles. The molecule has 0 amide bonds. The third kappa shape index (κ3) is 2.92. The van der Waals surface area contributed by atoms with Crippen molar-refractivity contribution in [2.24, 2.45) is 0 Å². The van der Waals surface area contributed by atoms with Crippen molar-refractivity contribution in [2.75, 3.05) is 18.9 Å². The standard InChI is InChI=1S/C9H14N2O3S/c1-7-6-8(2-3-9(7)10)15(13,14)11-4-5-12/h2-3,6,11-12H,4-5,10H2,1H3. The third-order valence-corrected chi connectivity index (χ3v) is 3.41. The number of nitrogen functional groups attached to an aromatic ring is 1. The molecule has 1 aromatic rings. The topological polar surface area (TPSA) is 92.4 Å². The molecule has 0 unspecified atom stereocenters. The number of aliphatic hydroxyl groups excluding tert-OH is 1. The average Bonchev–Trinajstić information content (AvgIpc) is 2.19. The molecule has 0 saturated carbocycles. The Hall–Kier alpha value is -1.11. The maximum Gasteiger partial charge on any atom is 0.240 e. The minimum absolute atomic E-state index is 0.00571. The summed E-state index contributed by atoms with van der Waals surface area (Å²) >= 11 is 0. The molecule has 1 rings (SSSR count). The Labute approximate surface area is 89.0 Å². The second-order valence-corrected chi connectivity index (χ2v) is 4.91. The molecule has 0 aromatic heterocycles. The zero-order valence-corrected chi connectivity index (χ0v) is 9.21. The summed E-state index contributed by atoms with van der Waals surface area (Å²) in [4.78, 5) is 0.155. The van der Waals surface area contributed by atoms with Crippen LogP contribution < -0.4 is 10.5 Å². The van der Waals surface area contributed by atoms with Crippen LogP contribution >= 0.6 is 0 Å². The molecule has 0 heterocycles. The lowest BCUT2D eigenvalue weighted by Crippen LogP contribution is -2.26. The van der Waals surface area contributed by atoms with Gasteiger partial charge in [0.2, 0.25) is 10.0 Å². The average molecular weight is 230 g/mol. The van der Waals surface area contributed by atoms with Crippen molar-refractivity contribution in [3.63, 3.8) is 0 Å². The molecule has 6 heteroatoms. The number of nitrogens with one attached hydrogen (secondary N) is 1. The molecule has 4 N–H and O–H groups in total. The number of rotatable bonds is 4. The Kier molecular flexibility index (Phi) is 3.67. The molecular weight excluding hydrogens is 216 g/mol. The van der Waals surface area contributed by atoms with Crippen molar-refractivity contribution < 1.29 is 13.5 Å². The van der Waals surface area contributed by atoms with Gasteiger partial charge in [-0.15, -0.1) is 0 Å². The predicted molar refractivity (Wildman–Crippen MR) is 57.9 cm³/mol. The van der Waals surface area contributed by atoms with Gasteiger partial charge >= 0.3 is 0 Å². The Morgan fingerprint density at radius 3 is 2.67 bits per heavy atom. The highest BCUT2D eigenvalue weighted by atomic mass is 32.2. The van der Waals surface area contributed by atoms with Crippen LogP contribution in [-0.4, -0.2) is 26.7 Å². The monoisotopic (exact) mass is 230 g/mol. The second kappa shape index (κ2) is 4.61. The summed E-state index contributed by atoms with van der Waals surface area (Å²) in [6.07, 6.45) is 0. The fourth-order valence-electron chi connectivity index (χ4n) is 1.08. The third-order valence-electron chi connectivity index (χ3n) is 1.96. The van der Waals surface area contributed by atoms with Crippen molar-refractivity contribution in [2.45, 2.75) is 11.8 Å². The summed E-state index contributed by atoms with van der Waals surface area (Å²) in [5, 5.41) is 8.53. The highest BCUT2D eigenvalue weighted by molar-refractivity contribution is 7.89. The number of aryl methyl sites for hydroxylation is 1. The zero-order chi connectivity index (χ0) is 11.5. The summed E-state index contributed by atoms with van der Waals surface area (Å²) in [5.74, 6) is 0. The molecule has 0 fully saturated rings. The fraction of sp³-hybridized carbons (Fsp3) is 0.333. The van der Waals surface area contributed by atoms with Gasteiger partial charge < -0.3 is 10.8 Å². The first-order valence-electron chi connectivity index (χ1n) is 4.44. The van der Waals surface area contributed by atoms with Gasteiger partial charge in [0.1, 0.15) is 0 Å². The van der Waals surface area contributed by atoms with Crippen LogP contribution in [0.5, 0.6) is 0 Å². The summed E-state index contributed by atoms with van der Waals surface area (Å²) in [5.41, 5.74) is 6.84. The molecule has 0 bridgehead atoms. The SMILES string of the molecule is Cc1cc(S(=O)(=O)NCCO)ccc1N. The second-order valence-electron chi connectivity index (χ2n) is 3.14. The first kappa shape index (κ1) is 12.0. The first-order chi connectivity index (χ1) is 6.97. The smallest absolute Gasteiger partial charge is 0.240 e. The van der Waals surface area contributed by atoms with Gasteiger partial charge in [0, 0.05) is 12.2 Å². The molecule has 0 atom stereocenters. The number of hydrogen-bond acceptors (Lipinski definition) is 4. The van der Waals surface area contributed by atoms with Gasteiger partial charge in [0.25, 0.3) is 0 Å². The number of nitrogens with two attached hydrogens (primary N) is 1. The molecule has 5 nitrogen and oxygen atoms in total. The summed E-state index contributed by atoms with van der Waals surface area (Å²) < 4.78 is 25.4. The molecule has 0 aliphatic carbocycles. The quantitative estimate of drug-likeness (QED) is 0.627. The number of benzene rings is 1. The van der Waals surface area contributed by atoms with Crippen LogP contribution in [0.1, 0.15) is 5.56 Å². The molecule has 0 aliphatic rings. The van der Waals surface area contributed by atoms with E-state index in [1.807, 2.05) is 0 Å². The lowest BCUT2D eigenvalue weighted by atomic mass is 10.2. The number of anilines is 1. The van der Waals surface area contributed by atoms with Crippen molar-refractivity contribution in [3.05, 3.63) is 23.8 Å². The van der Waals surface area contributed by atoms with Crippen LogP contribution in [0.4, 0.5) is 5.69 Å². The predicted octanol–water partition coefficient (Wildman–Crippen LogP) is -0.152. The van der Waals surface area contributed by atoms with Crippen LogP contribution in [0, 0.1) is 6.92 Å². The van der Waals surface area contributed by atoms with Gasteiger partial charge in [-0.2, -0.15) is 0 Å². The molecule has 0 radical (unpaired) electrons. The largest absolute Gasteiger partial charge is 0.399 e. The van der Waals surface area contributed by atoms with E-state index in [1.54, 1.807) is 13.0 Å². The van der Waals surface area contributed by atoms with Gasteiger partial charge in [-0.25, -0.2) is 13.1 Å². The van der Waals surface area contributed by atoms with E-state index in [0.717, 1.165) is 0 Å². The highest BCUT2D eigenvalue weighted by Crippen LogP contribution is 2.16. The van der Waals surface area contributed by atoms with E-state index in [1.165, 1.54) is 12.1 Å². The van der Waals surface area contributed by atoms with E-state index in [-0.39, 0.29) is 18.0 Å².